The number of sulfonamides is 1. The molecule has 8 heteroatoms. The summed E-state index contributed by atoms with van der Waals surface area (Å²) < 4.78 is 27.3. The van der Waals surface area contributed by atoms with Crippen molar-refractivity contribution in [2.45, 2.75) is 43.9 Å². The predicted molar refractivity (Wildman–Crippen MR) is 118 cm³/mol. The van der Waals surface area contributed by atoms with Crippen molar-refractivity contribution in [3.63, 3.8) is 0 Å². The first-order chi connectivity index (χ1) is 14.3. The van der Waals surface area contributed by atoms with Crippen LogP contribution in [-0.2, 0) is 14.8 Å². The molecule has 2 aromatic rings. The van der Waals surface area contributed by atoms with Gasteiger partial charge in [0.25, 0.3) is 0 Å². The highest BCUT2D eigenvalue weighted by Gasteiger charge is 2.30. The highest BCUT2D eigenvalue weighted by molar-refractivity contribution is 7.89. The van der Waals surface area contributed by atoms with Crippen LogP contribution in [0.4, 0.5) is 0 Å². The van der Waals surface area contributed by atoms with Gasteiger partial charge in [0, 0.05) is 39.0 Å². The Balaban J connectivity index is 1.53. The van der Waals surface area contributed by atoms with Crippen LogP contribution in [0.1, 0.15) is 54.3 Å². The first kappa shape index (κ1) is 22.7. The van der Waals surface area contributed by atoms with Crippen molar-refractivity contribution in [1.82, 2.24) is 9.21 Å². The second kappa shape index (κ2) is 9.85. The van der Waals surface area contributed by atoms with Crippen LogP contribution in [-0.4, -0.2) is 55.5 Å². The third kappa shape index (κ3) is 5.17. The molecule has 30 heavy (non-hydrogen) atoms. The van der Waals surface area contributed by atoms with Crippen molar-refractivity contribution >= 4 is 33.1 Å². The lowest BCUT2D eigenvalue weighted by Crippen LogP contribution is -2.50. The van der Waals surface area contributed by atoms with Gasteiger partial charge in [-0.15, -0.1) is 11.3 Å². The molecule has 0 radical (unpaired) electrons. The zero-order valence-electron chi connectivity index (χ0n) is 17.4. The third-order valence-corrected chi connectivity index (χ3v) is 8.48. The molecule has 0 bridgehead atoms. The summed E-state index contributed by atoms with van der Waals surface area (Å²) in [4.78, 5) is 27.1. The number of hydrogen-bond acceptors (Lipinski definition) is 5. The van der Waals surface area contributed by atoms with Gasteiger partial charge in [-0.25, -0.2) is 8.42 Å². The van der Waals surface area contributed by atoms with Gasteiger partial charge in [0.15, 0.2) is 5.78 Å². The van der Waals surface area contributed by atoms with Gasteiger partial charge in [-0.1, -0.05) is 32.0 Å². The number of rotatable bonds is 8. The Labute approximate surface area is 182 Å². The number of carbonyl (C=O) groups excluding carboxylic acids is 2. The van der Waals surface area contributed by atoms with Gasteiger partial charge in [0.05, 0.1) is 9.77 Å². The highest BCUT2D eigenvalue weighted by atomic mass is 32.2. The van der Waals surface area contributed by atoms with Gasteiger partial charge in [0.2, 0.25) is 15.9 Å². The molecule has 1 aliphatic rings. The third-order valence-electron chi connectivity index (χ3n) is 5.65. The Morgan fingerprint density at radius 1 is 1.03 bits per heavy atom. The number of piperazine rings is 1. The van der Waals surface area contributed by atoms with Crippen LogP contribution in [0.5, 0.6) is 0 Å². The second-order valence-electron chi connectivity index (χ2n) is 7.56. The van der Waals surface area contributed by atoms with Gasteiger partial charge in [0.1, 0.15) is 0 Å². The molecule has 1 amide bonds. The summed E-state index contributed by atoms with van der Waals surface area (Å²) in [6, 6.07) is 10.7. The lowest BCUT2D eigenvalue weighted by atomic mass is 9.99. The molecule has 1 unspecified atom stereocenters. The maximum Gasteiger partial charge on any atom is 0.243 e. The average molecular weight is 449 g/mol. The van der Waals surface area contributed by atoms with Crippen molar-refractivity contribution in [3.05, 3.63) is 52.2 Å². The average Bonchev–Trinajstić information content (AvgIpc) is 3.32. The van der Waals surface area contributed by atoms with Crippen LogP contribution in [0.3, 0.4) is 0 Å². The molecule has 1 aliphatic heterocycles. The van der Waals surface area contributed by atoms with Gasteiger partial charge in [-0.3, -0.25) is 9.59 Å². The summed E-state index contributed by atoms with van der Waals surface area (Å²) in [5.74, 6) is 0.262. The molecule has 2 heterocycles. The first-order valence-electron chi connectivity index (χ1n) is 10.3. The quantitative estimate of drug-likeness (QED) is 0.577. The van der Waals surface area contributed by atoms with Crippen LogP contribution in [0, 0.1) is 0 Å². The molecule has 6 nitrogen and oxygen atoms in total. The Hall–Kier alpha value is -2.03. The zero-order valence-corrected chi connectivity index (χ0v) is 19.0. The maximum atomic E-state index is 12.9. The van der Waals surface area contributed by atoms with Crippen molar-refractivity contribution in [2.75, 3.05) is 26.2 Å². The van der Waals surface area contributed by atoms with E-state index >= 15 is 0 Å². The van der Waals surface area contributed by atoms with E-state index in [0.29, 0.717) is 23.9 Å². The Kier molecular flexibility index (Phi) is 7.44. The van der Waals surface area contributed by atoms with Crippen molar-refractivity contribution in [2.24, 2.45) is 0 Å². The van der Waals surface area contributed by atoms with E-state index in [4.69, 9.17) is 0 Å². The van der Waals surface area contributed by atoms with Crippen LogP contribution in [0.25, 0.3) is 0 Å². The molecule has 0 spiro atoms. The fraction of sp³-hybridized carbons (Fsp3) is 0.455. The minimum Gasteiger partial charge on any atom is -0.340 e. The molecular weight excluding hydrogens is 420 g/mol. The summed E-state index contributed by atoms with van der Waals surface area (Å²) in [5, 5.41) is 1.84. The Bertz CT molecular complexity index is 961. The SMILES string of the molecule is CCC(C)c1ccc(S(=O)(=O)N2CCN(C(=O)CCC(=O)c3cccs3)CC2)cc1. The summed E-state index contributed by atoms with van der Waals surface area (Å²) in [5.41, 5.74) is 1.13. The number of carbonyl (C=O) groups is 2. The minimum atomic E-state index is -3.57. The fourth-order valence-electron chi connectivity index (χ4n) is 3.47. The molecule has 0 N–H and O–H groups in total. The number of Topliss-reactive ketones (excluding diaryl/α,β-unsaturated/α-hetero) is 1. The molecule has 0 saturated carbocycles. The van der Waals surface area contributed by atoms with Gasteiger partial charge in [-0.2, -0.15) is 4.31 Å². The minimum absolute atomic E-state index is 0.0274. The standard InChI is InChI=1S/C22H28N2O4S2/c1-3-17(2)18-6-8-19(9-7-18)30(27,28)24-14-12-23(13-15-24)22(26)11-10-20(25)21-5-4-16-29-21/h4-9,16-17H,3,10-15H2,1-2H3. The van der Waals surface area contributed by atoms with Crippen LogP contribution < -0.4 is 0 Å². The molecular formula is C22H28N2O4S2. The van der Waals surface area contributed by atoms with E-state index in [0.717, 1.165) is 12.0 Å². The number of thiophene rings is 1. The molecule has 1 aromatic heterocycles. The van der Waals surface area contributed by atoms with Crippen LogP contribution in [0.2, 0.25) is 0 Å². The Morgan fingerprint density at radius 2 is 1.70 bits per heavy atom. The van der Waals surface area contributed by atoms with E-state index in [9.17, 15) is 18.0 Å². The van der Waals surface area contributed by atoms with Gasteiger partial charge >= 0.3 is 0 Å². The van der Waals surface area contributed by atoms with E-state index in [1.807, 2.05) is 23.6 Å². The first-order valence-corrected chi connectivity index (χ1v) is 12.6. The van der Waals surface area contributed by atoms with E-state index < -0.39 is 10.0 Å². The van der Waals surface area contributed by atoms with E-state index in [-0.39, 0.29) is 42.5 Å². The second-order valence-corrected chi connectivity index (χ2v) is 10.4. The normalized spacial score (nSPS) is 16.4. The molecule has 1 fully saturated rings. The number of amides is 1. The molecule has 3 rings (SSSR count). The number of benzene rings is 1. The number of hydrogen-bond donors (Lipinski definition) is 0. The van der Waals surface area contributed by atoms with E-state index in [1.165, 1.54) is 15.6 Å². The van der Waals surface area contributed by atoms with E-state index in [1.54, 1.807) is 23.1 Å². The molecule has 1 aromatic carbocycles. The van der Waals surface area contributed by atoms with Gasteiger partial charge in [-0.05, 0) is 41.5 Å². The predicted octanol–water partition coefficient (Wildman–Crippen LogP) is 3.76. The molecule has 162 valence electrons. The summed E-state index contributed by atoms with van der Waals surface area (Å²) in [6.45, 7) is 5.44. The lowest BCUT2D eigenvalue weighted by molar-refractivity contribution is -0.132. The van der Waals surface area contributed by atoms with E-state index in [2.05, 4.69) is 13.8 Å². The fourth-order valence-corrected chi connectivity index (χ4v) is 5.59. The molecule has 0 aliphatic carbocycles. The Morgan fingerprint density at radius 3 is 2.27 bits per heavy atom. The number of nitrogens with zero attached hydrogens (tertiary/aromatic N) is 2. The highest BCUT2D eigenvalue weighted by Crippen LogP contribution is 2.23. The van der Waals surface area contributed by atoms with Gasteiger partial charge < -0.3 is 4.90 Å². The summed E-state index contributed by atoms with van der Waals surface area (Å²) in [6.07, 6.45) is 1.34. The largest absolute Gasteiger partial charge is 0.340 e. The molecule has 1 atom stereocenters. The topological polar surface area (TPSA) is 74.8 Å². The van der Waals surface area contributed by atoms with Crippen LogP contribution in [0.15, 0.2) is 46.7 Å². The van der Waals surface area contributed by atoms with Crippen molar-refractivity contribution < 1.29 is 18.0 Å². The smallest absolute Gasteiger partial charge is 0.243 e. The summed E-state index contributed by atoms with van der Waals surface area (Å²) >= 11 is 1.37. The zero-order chi connectivity index (χ0) is 21.7. The monoisotopic (exact) mass is 448 g/mol. The number of ketones is 1. The van der Waals surface area contributed by atoms with Crippen molar-refractivity contribution in [1.29, 1.82) is 0 Å². The van der Waals surface area contributed by atoms with Crippen LogP contribution >= 0.6 is 11.3 Å². The molecule has 1 saturated heterocycles. The maximum absolute atomic E-state index is 12.9. The lowest BCUT2D eigenvalue weighted by Gasteiger charge is -2.34. The van der Waals surface area contributed by atoms with Crippen molar-refractivity contribution in [3.8, 4) is 0 Å². The summed E-state index contributed by atoms with van der Waals surface area (Å²) in [7, 11) is -3.57.